The van der Waals surface area contributed by atoms with Crippen LogP contribution in [0.15, 0.2) is 109 Å². The Hall–Kier alpha value is -5.20. The maximum Gasteiger partial charge on any atom is -0.00134 e. The van der Waals surface area contributed by atoms with E-state index >= 15 is 0 Å². The Kier molecular flexibility index (Phi) is 5.69. The first-order valence-corrected chi connectivity index (χ1v) is 16.5. The van der Waals surface area contributed by atoms with Gasteiger partial charge in [-0.15, -0.1) is 0 Å². The van der Waals surface area contributed by atoms with Gasteiger partial charge in [-0.2, -0.15) is 0 Å². The second-order valence-electron chi connectivity index (χ2n) is 13.6. The minimum Gasteiger partial charge on any atom is -0.0616 e. The minimum atomic E-state index is 1.31. The fraction of sp³-hybridized carbons (Fsp3) is 0.130. The topological polar surface area (TPSA) is 0 Å². The summed E-state index contributed by atoms with van der Waals surface area (Å²) in [4.78, 5) is 0. The maximum atomic E-state index is 2.37. The molecule has 0 spiro atoms. The second kappa shape index (κ2) is 9.65. The van der Waals surface area contributed by atoms with Crippen molar-refractivity contribution in [3.8, 4) is 22.3 Å². The summed E-state index contributed by atoms with van der Waals surface area (Å²) in [5.74, 6) is 0. The highest BCUT2D eigenvalue weighted by Gasteiger charge is 2.24. The monoisotopic (exact) mass is 588 g/mol. The lowest BCUT2D eigenvalue weighted by atomic mass is 9.79. The molecule has 9 rings (SSSR count). The molecule has 0 radical (unpaired) electrons. The molecule has 46 heavy (non-hydrogen) atoms. The highest BCUT2D eigenvalue weighted by molar-refractivity contribution is 6.45. The first-order valence-electron chi connectivity index (χ1n) is 16.5. The molecule has 0 heterocycles. The molecule has 0 fully saturated rings. The van der Waals surface area contributed by atoms with E-state index in [-0.39, 0.29) is 0 Å². The fourth-order valence-electron chi connectivity index (χ4n) is 9.12. The summed E-state index contributed by atoms with van der Waals surface area (Å²) >= 11 is 0. The lowest BCUT2D eigenvalue weighted by Gasteiger charge is -2.24. The molecule has 0 N–H and O–H groups in total. The third kappa shape index (κ3) is 3.56. The van der Waals surface area contributed by atoms with E-state index < -0.39 is 0 Å². The largest absolute Gasteiger partial charge is 0.0616 e. The molecule has 0 aliphatic rings. The normalized spacial score (nSPS) is 12.1. The molecule has 0 heteroatoms. The summed E-state index contributed by atoms with van der Waals surface area (Å²) < 4.78 is 0. The molecule has 0 unspecified atom stereocenters. The zero-order valence-corrected chi connectivity index (χ0v) is 27.4. The van der Waals surface area contributed by atoms with Crippen LogP contribution in [0.25, 0.3) is 86.9 Å². The Morgan fingerprint density at radius 3 is 0.913 bits per heavy atom. The first kappa shape index (κ1) is 27.1. The smallest absolute Gasteiger partial charge is 0.00134 e. The number of hydrogen-bond acceptors (Lipinski definition) is 0. The van der Waals surface area contributed by atoms with Crippen molar-refractivity contribution in [1.29, 1.82) is 0 Å². The van der Waals surface area contributed by atoms with Crippen molar-refractivity contribution in [2.45, 2.75) is 41.5 Å². The van der Waals surface area contributed by atoms with Crippen molar-refractivity contribution in [2.75, 3.05) is 0 Å². The van der Waals surface area contributed by atoms with Gasteiger partial charge in [-0.3, -0.25) is 0 Å². The lowest BCUT2D eigenvalue weighted by molar-refractivity contribution is 1.33. The lowest BCUT2D eigenvalue weighted by Crippen LogP contribution is -1.97. The Labute approximate surface area is 270 Å². The SMILES string of the molecule is Cc1cc(C)c(-c2c3ccccc3c3c4cccc5c(-c6c(C)cc(C)cc6C)c6ccccc6c(c6cccc2c63)c54)c(C)c1. The summed E-state index contributed by atoms with van der Waals surface area (Å²) in [5, 5.41) is 16.1. The summed E-state index contributed by atoms with van der Waals surface area (Å²) in [6.45, 7) is 13.5. The van der Waals surface area contributed by atoms with Crippen LogP contribution >= 0.6 is 0 Å². The average molecular weight is 589 g/mol. The summed E-state index contributed by atoms with van der Waals surface area (Å²) in [5.41, 5.74) is 13.4. The summed E-state index contributed by atoms with van der Waals surface area (Å²) in [6, 6.07) is 41.6. The molecule has 0 aliphatic heterocycles. The van der Waals surface area contributed by atoms with Crippen LogP contribution in [0.5, 0.6) is 0 Å². The van der Waals surface area contributed by atoms with E-state index in [0.717, 1.165) is 0 Å². The molecule has 0 saturated carbocycles. The van der Waals surface area contributed by atoms with Gasteiger partial charge in [-0.05, 0) is 151 Å². The van der Waals surface area contributed by atoms with Crippen molar-refractivity contribution in [1.82, 2.24) is 0 Å². The summed E-state index contributed by atoms with van der Waals surface area (Å²) in [6.07, 6.45) is 0. The predicted molar refractivity (Wildman–Crippen MR) is 202 cm³/mol. The Bertz CT molecular complexity index is 2500. The number of aryl methyl sites for hydroxylation is 6. The van der Waals surface area contributed by atoms with Crippen LogP contribution in [-0.4, -0.2) is 0 Å². The van der Waals surface area contributed by atoms with Crippen molar-refractivity contribution in [2.24, 2.45) is 0 Å². The highest BCUT2D eigenvalue weighted by atomic mass is 14.3. The van der Waals surface area contributed by atoms with Gasteiger partial charge < -0.3 is 0 Å². The van der Waals surface area contributed by atoms with Gasteiger partial charge in [0.05, 0.1) is 0 Å². The second-order valence-corrected chi connectivity index (χ2v) is 13.6. The number of fused-ring (bicyclic) bond motifs is 6. The van der Waals surface area contributed by atoms with Gasteiger partial charge in [-0.1, -0.05) is 120 Å². The van der Waals surface area contributed by atoms with Crippen LogP contribution in [0.2, 0.25) is 0 Å². The molecule has 0 bridgehead atoms. The average Bonchev–Trinajstić information content (AvgIpc) is 3.03. The Morgan fingerprint density at radius 1 is 0.261 bits per heavy atom. The minimum absolute atomic E-state index is 1.31. The van der Waals surface area contributed by atoms with E-state index in [4.69, 9.17) is 0 Å². The van der Waals surface area contributed by atoms with E-state index in [0.29, 0.717) is 0 Å². The molecule has 220 valence electrons. The maximum absolute atomic E-state index is 2.37. The molecule has 9 aromatic carbocycles. The predicted octanol–water partition coefficient (Wildman–Crippen LogP) is 13.2. The molecule has 9 aromatic rings. The zero-order chi connectivity index (χ0) is 31.4. The van der Waals surface area contributed by atoms with Gasteiger partial charge in [0, 0.05) is 0 Å². The van der Waals surface area contributed by atoms with Gasteiger partial charge >= 0.3 is 0 Å². The van der Waals surface area contributed by atoms with Crippen LogP contribution in [0.1, 0.15) is 33.4 Å². The van der Waals surface area contributed by atoms with Gasteiger partial charge in [0.25, 0.3) is 0 Å². The van der Waals surface area contributed by atoms with Crippen molar-refractivity contribution in [3.05, 3.63) is 143 Å². The molecular weight excluding hydrogens is 553 g/mol. The Balaban J connectivity index is 1.60. The standard InChI is InChI=1S/C46H36/c1-25-21-27(3)39(28(4)22-25)41-31-13-7-9-15-33(31)43-38-20-12-18-36-42(40-29(5)23-26(2)24-30(40)6)32-14-8-10-16-34(32)44(46(36)38)37-19-11-17-35(41)45(37)43/h7-24H,1-6H3. The third-order valence-electron chi connectivity index (χ3n) is 10.5. The van der Waals surface area contributed by atoms with Gasteiger partial charge in [0.2, 0.25) is 0 Å². The van der Waals surface area contributed by atoms with Crippen molar-refractivity contribution < 1.29 is 0 Å². The van der Waals surface area contributed by atoms with Crippen LogP contribution in [0, 0.1) is 41.5 Å². The van der Waals surface area contributed by atoms with Crippen LogP contribution in [0.4, 0.5) is 0 Å². The highest BCUT2D eigenvalue weighted by Crippen LogP contribution is 2.52. The van der Waals surface area contributed by atoms with Gasteiger partial charge in [-0.25, -0.2) is 0 Å². The number of rotatable bonds is 2. The van der Waals surface area contributed by atoms with Gasteiger partial charge in [0.15, 0.2) is 0 Å². The summed E-state index contributed by atoms with van der Waals surface area (Å²) in [7, 11) is 0. The van der Waals surface area contributed by atoms with Crippen LogP contribution in [-0.2, 0) is 0 Å². The molecule has 0 amide bonds. The Morgan fingerprint density at radius 2 is 0.543 bits per heavy atom. The van der Waals surface area contributed by atoms with E-state index in [1.807, 2.05) is 0 Å². The first-order chi connectivity index (χ1) is 22.3. The molecular formula is C46H36. The van der Waals surface area contributed by atoms with E-state index in [1.165, 1.54) is 120 Å². The van der Waals surface area contributed by atoms with E-state index in [2.05, 4.69) is 151 Å². The van der Waals surface area contributed by atoms with Crippen molar-refractivity contribution in [3.63, 3.8) is 0 Å². The fourth-order valence-corrected chi connectivity index (χ4v) is 9.12. The number of benzene rings is 9. The zero-order valence-electron chi connectivity index (χ0n) is 27.4. The molecule has 0 saturated heterocycles. The third-order valence-corrected chi connectivity index (χ3v) is 10.5. The quantitative estimate of drug-likeness (QED) is 0.139. The number of hydrogen-bond donors (Lipinski definition) is 0. The molecule has 0 aliphatic carbocycles. The molecule has 0 aromatic heterocycles. The molecule has 0 nitrogen and oxygen atoms in total. The van der Waals surface area contributed by atoms with Crippen molar-refractivity contribution >= 4 is 64.6 Å². The van der Waals surface area contributed by atoms with E-state index in [1.54, 1.807) is 0 Å². The van der Waals surface area contributed by atoms with Crippen LogP contribution < -0.4 is 0 Å². The molecule has 0 atom stereocenters. The van der Waals surface area contributed by atoms with Crippen LogP contribution in [0.3, 0.4) is 0 Å². The van der Waals surface area contributed by atoms with Gasteiger partial charge in [0.1, 0.15) is 0 Å². The van der Waals surface area contributed by atoms with E-state index in [9.17, 15) is 0 Å².